The molecule has 0 radical (unpaired) electrons. The Morgan fingerprint density at radius 3 is 2.67 bits per heavy atom. The molecule has 0 aliphatic heterocycles. The van der Waals surface area contributed by atoms with Gasteiger partial charge in [-0.05, 0) is 68.4 Å². The van der Waals surface area contributed by atoms with Crippen molar-refractivity contribution in [3.05, 3.63) is 92.5 Å². The minimum atomic E-state index is -0.604. The van der Waals surface area contributed by atoms with Crippen molar-refractivity contribution in [2.24, 2.45) is 33.8 Å². The lowest BCUT2D eigenvalue weighted by atomic mass is 10.1. The van der Waals surface area contributed by atoms with Gasteiger partial charge in [-0.25, -0.2) is 10.2 Å². The molecule has 4 rings (SSSR count). The number of amides is 1. The number of rotatable bonds is 9. The Morgan fingerprint density at radius 2 is 2.05 bits per heavy atom. The number of nitrogens with two attached hydrogens (primary N) is 2. The first kappa shape index (κ1) is 29.3. The van der Waals surface area contributed by atoms with E-state index in [2.05, 4.69) is 17.2 Å². The van der Waals surface area contributed by atoms with Gasteiger partial charge >= 0.3 is 0 Å². The number of anilines is 1. The van der Waals surface area contributed by atoms with Gasteiger partial charge in [0, 0.05) is 53.9 Å². The molecule has 2 aliphatic carbocycles. The molecule has 2 fully saturated rings. The number of hydrogen-bond donors (Lipinski definition) is 3. The normalized spacial score (nSPS) is 22.1. The van der Waals surface area contributed by atoms with Crippen molar-refractivity contribution in [1.29, 1.82) is 0 Å². The minimum absolute atomic E-state index is 0.00508. The van der Waals surface area contributed by atoms with Gasteiger partial charge in [0.1, 0.15) is 5.02 Å². The number of aryl methyl sites for hydroxylation is 1. The van der Waals surface area contributed by atoms with E-state index in [9.17, 15) is 9.59 Å². The lowest BCUT2D eigenvalue weighted by Gasteiger charge is -2.13. The summed E-state index contributed by atoms with van der Waals surface area (Å²) in [5.41, 5.74) is 7.96. The molecule has 10 heteroatoms. The maximum Gasteiger partial charge on any atom is 0.273 e. The van der Waals surface area contributed by atoms with Crippen LogP contribution in [-0.4, -0.2) is 28.2 Å². The fourth-order valence-corrected chi connectivity index (χ4v) is 5.23. The molecule has 3 atom stereocenters. The summed E-state index contributed by atoms with van der Waals surface area (Å²) in [5.74, 6) is 5.14. The van der Waals surface area contributed by atoms with Gasteiger partial charge in [0.05, 0.1) is 11.4 Å². The number of nitrogens with one attached hydrogen (secondary N) is 1. The van der Waals surface area contributed by atoms with Crippen molar-refractivity contribution in [3.8, 4) is 0 Å². The second-order valence-corrected chi connectivity index (χ2v) is 11.3. The maximum absolute atomic E-state index is 15.6. The first-order valence-corrected chi connectivity index (χ1v) is 13.6. The van der Waals surface area contributed by atoms with E-state index in [0.717, 1.165) is 18.4 Å². The van der Waals surface area contributed by atoms with Crippen LogP contribution < -0.4 is 22.5 Å². The summed E-state index contributed by atoms with van der Waals surface area (Å²) >= 11 is 6.59. The van der Waals surface area contributed by atoms with E-state index < -0.39 is 16.8 Å². The van der Waals surface area contributed by atoms with Crippen LogP contribution in [0.25, 0.3) is 6.20 Å². The zero-order chi connectivity index (χ0) is 29.4. The van der Waals surface area contributed by atoms with Gasteiger partial charge in [0.2, 0.25) is 5.91 Å². The molecule has 1 aromatic heterocycles. The van der Waals surface area contributed by atoms with Gasteiger partial charge < -0.3 is 16.1 Å². The Morgan fingerprint density at radius 1 is 1.35 bits per heavy atom. The lowest BCUT2D eigenvalue weighted by molar-refractivity contribution is -0.120. The standard InChI is InChI=1S/C30H36ClFN6O2/c1-6-13-35-22(19-8-7-9-23(27(19)32)36-29(40)30(4)11-12-30)10-14-38-17(2)15-20(26(31)28(38)39)24-18(3)25(24)21(33)16-37(5)34/h6-10,13-16,18,24-25H,11-12,33-34H2,1-5H3,(H,36,40)/b13-6+,14-10+,21-16-,35-22-. The van der Waals surface area contributed by atoms with Gasteiger partial charge in [-0.2, -0.15) is 0 Å². The Balaban J connectivity index is 1.66. The van der Waals surface area contributed by atoms with E-state index in [0.29, 0.717) is 11.4 Å². The van der Waals surface area contributed by atoms with Crippen molar-refractivity contribution in [2.45, 2.75) is 46.5 Å². The first-order chi connectivity index (χ1) is 18.9. The van der Waals surface area contributed by atoms with Crippen molar-refractivity contribution >= 4 is 35.1 Å². The molecule has 8 nitrogen and oxygen atoms in total. The highest BCUT2D eigenvalue weighted by Gasteiger charge is 2.50. The highest BCUT2D eigenvalue weighted by molar-refractivity contribution is 6.31. The van der Waals surface area contributed by atoms with E-state index in [1.54, 1.807) is 51.4 Å². The third-order valence-electron chi connectivity index (χ3n) is 7.70. The summed E-state index contributed by atoms with van der Waals surface area (Å²) in [6.07, 6.45) is 9.55. The average Bonchev–Trinajstić information content (AvgIpc) is 3.80. The van der Waals surface area contributed by atoms with Crippen molar-refractivity contribution in [2.75, 3.05) is 12.4 Å². The topological polar surface area (TPSA) is 119 Å². The number of nitrogens with zero attached hydrogens (tertiary/aromatic N) is 3. The van der Waals surface area contributed by atoms with E-state index in [1.165, 1.54) is 28.0 Å². The molecule has 1 heterocycles. The Bertz CT molecular complexity index is 1500. The molecule has 1 aromatic carbocycles. The summed E-state index contributed by atoms with van der Waals surface area (Å²) < 4.78 is 17.0. The molecule has 0 bridgehead atoms. The molecule has 212 valence electrons. The summed E-state index contributed by atoms with van der Waals surface area (Å²) in [6.45, 7) is 7.51. The van der Waals surface area contributed by atoms with Gasteiger partial charge in [0.15, 0.2) is 5.82 Å². The van der Waals surface area contributed by atoms with Crippen LogP contribution in [0.4, 0.5) is 10.1 Å². The zero-order valence-corrected chi connectivity index (χ0v) is 24.2. The predicted molar refractivity (Wildman–Crippen MR) is 159 cm³/mol. The predicted octanol–water partition coefficient (Wildman–Crippen LogP) is 5.14. The monoisotopic (exact) mass is 566 g/mol. The number of hydrazine groups is 1. The van der Waals surface area contributed by atoms with Crippen LogP contribution in [0.1, 0.15) is 56.4 Å². The van der Waals surface area contributed by atoms with Gasteiger partial charge in [-0.15, -0.1) is 0 Å². The second kappa shape index (κ2) is 11.4. The fourth-order valence-electron chi connectivity index (χ4n) is 4.96. The third kappa shape index (κ3) is 5.90. The average molecular weight is 567 g/mol. The SMILES string of the molecule is C/C=C/N=C(/C=C/n1c(C)cc(C2C(C)C2/C(N)=C/N(C)N)c(Cl)c1=O)c1cccc(NC(=O)C2(C)CC2)c1F. The van der Waals surface area contributed by atoms with Crippen LogP contribution in [0, 0.1) is 30.0 Å². The molecular formula is C30H36ClFN6O2. The molecule has 0 saturated heterocycles. The molecule has 3 unspecified atom stereocenters. The molecule has 2 aliphatic rings. The number of aromatic nitrogens is 1. The number of carbonyl (C=O) groups excluding carboxylic acids is 1. The van der Waals surface area contributed by atoms with Crippen LogP contribution >= 0.6 is 11.6 Å². The molecule has 1 amide bonds. The second-order valence-electron chi connectivity index (χ2n) is 10.9. The van der Waals surface area contributed by atoms with E-state index in [1.807, 2.05) is 13.0 Å². The van der Waals surface area contributed by atoms with Crippen LogP contribution in [0.5, 0.6) is 0 Å². The summed E-state index contributed by atoms with van der Waals surface area (Å²) in [5, 5.41) is 4.22. The quantitative estimate of drug-likeness (QED) is 0.221. The van der Waals surface area contributed by atoms with Crippen molar-refractivity contribution in [3.63, 3.8) is 0 Å². The number of halogens is 2. The van der Waals surface area contributed by atoms with E-state index >= 15 is 4.39 Å². The smallest absolute Gasteiger partial charge is 0.273 e. The number of hydrogen-bond acceptors (Lipinski definition) is 6. The summed E-state index contributed by atoms with van der Waals surface area (Å²) in [6, 6.07) is 6.63. The highest BCUT2D eigenvalue weighted by atomic mass is 35.5. The molecule has 40 heavy (non-hydrogen) atoms. The third-order valence-corrected chi connectivity index (χ3v) is 8.08. The Kier molecular flexibility index (Phi) is 8.37. The number of benzene rings is 1. The number of aliphatic imine (C=N–C) groups is 1. The highest BCUT2D eigenvalue weighted by Crippen LogP contribution is 2.57. The van der Waals surface area contributed by atoms with Crippen LogP contribution in [0.15, 0.2) is 64.3 Å². The summed E-state index contributed by atoms with van der Waals surface area (Å²) in [7, 11) is 1.69. The minimum Gasteiger partial charge on any atom is -0.401 e. The number of carbonyl (C=O) groups is 1. The van der Waals surface area contributed by atoms with Crippen LogP contribution in [0.3, 0.4) is 0 Å². The largest absolute Gasteiger partial charge is 0.401 e. The van der Waals surface area contributed by atoms with Crippen molar-refractivity contribution < 1.29 is 9.18 Å². The molecule has 2 aromatic rings. The molecule has 5 N–H and O–H groups in total. The number of pyridine rings is 1. The van der Waals surface area contributed by atoms with Crippen LogP contribution in [0.2, 0.25) is 5.02 Å². The molecular weight excluding hydrogens is 531 g/mol. The number of allylic oxidation sites excluding steroid dienone is 3. The van der Waals surface area contributed by atoms with E-state index in [4.69, 9.17) is 23.2 Å². The molecule has 0 spiro atoms. The maximum atomic E-state index is 15.6. The first-order valence-electron chi connectivity index (χ1n) is 13.2. The van der Waals surface area contributed by atoms with Crippen LogP contribution in [-0.2, 0) is 4.79 Å². The Hall–Kier alpha value is -3.69. The van der Waals surface area contributed by atoms with Gasteiger partial charge in [-0.3, -0.25) is 19.1 Å². The van der Waals surface area contributed by atoms with E-state index in [-0.39, 0.29) is 45.6 Å². The van der Waals surface area contributed by atoms with Crippen molar-refractivity contribution in [1.82, 2.24) is 9.58 Å². The fraction of sp³-hybridized carbons (Fsp3) is 0.367. The Labute approximate surface area is 238 Å². The van der Waals surface area contributed by atoms with Gasteiger partial charge in [-0.1, -0.05) is 37.6 Å². The lowest BCUT2D eigenvalue weighted by Crippen LogP contribution is -2.22. The van der Waals surface area contributed by atoms with Gasteiger partial charge in [0.25, 0.3) is 5.56 Å². The zero-order valence-electron chi connectivity index (χ0n) is 23.4. The summed E-state index contributed by atoms with van der Waals surface area (Å²) in [4.78, 5) is 30.2. The molecule has 2 saturated carbocycles.